The number of anilines is 2. The molecular formula is C16H11F7N2S. The SMILES string of the molecule is Cc1cc(C)cc(NC(=S)Nc2c(F)c(F)c(C(F)(F)F)c(F)c2F)c1. The van der Waals surface area contributed by atoms with Crippen molar-refractivity contribution in [2.24, 2.45) is 0 Å². The number of rotatable bonds is 2. The van der Waals surface area contributed by atoms with E-state index in [-0.39, 0.29) is 0 Å². The Bertz CT molecular complexity index is 829. The molecule has 0 spiro atoms. The molecule has 0 radical (unpaired) electrons. The summed E-state index contributed by atoms with van der Waals surface area (Å²) in [7, 11) is 0. The first-order valence-electron chi connectivity index (χ1n) is 7.01. The number of nitrogens with one attached hydrogen (secondary N) is 2. The first-order chi connectivity index (χ1) is 11.9. The predicted octanol–water partition coefficient (Wildman–Crippen LogP) is 5.69. The summed E-state index contributed by atoms with van der Waals surface area (Å²) in [5.41, 5.74) is -2.03. The lowest BCUT2D eigenvalue weighted by Crippen LogP contribution is -2.23. The molecule has 0 atom stereocenters. The highest BCUT2D eigenvalue weighted by Crippen LogP contribution is 2.38. The topological polar surface area (TPSA) is 24.1 Å². The van der Waals surface area contributed by atoms with Gasteiger partial charge in [-0.1, -0.05) is 6.07 Å². The van der Waals surface area contributed by atoms with E-state index >= 15 is 0 Å². The number of hydrogen-bond acceptors (Lipinski definition) is 1. The molecule has 2 N–H and O–H groups in total. The molecule has 0 bridgehead atoms. The second kappa shape index (κ2) is 7.10. The predicted molar refractivity (Wildman–Crippen MR) is 87.0 cm³/mol. The van der Waals surface area contributed by atoms with E-state index in [1.54, 1.807) is 26.0 Å². The van der Waals surface area contributed by atoms with Crippen LogP contribution in [0.3, 0.4) is 0 Å². The lowest BCUT2D eigenvalue weighted by atomic mass is 10.1. The Labute approximate surface area is 149 Å². The van der Waals surface area contributed by atoms with Gasteiger partial charge in [0.1, 0.15) is 11.3 Å². The first kappa shape index (κ1) is 20.0. The molecule has 140 valence electrons. The van der Waals surface area contributed by atoms with Crippen LogP contribution in [0.15, 0.2) is 18.2 Å². The van der Waals surface area contributed by atoms with E-state index in [0.717, 1.165) is 11.1 Å². The molecule has 0 aliphatic carbocycles. The summed E-state index contributed by atoms with van der Waals surface area (Å²) in [6.45, 7) is 3.54. The summed E-state index contributed by atoms with van der Waals surface area (Å²) < 4.78 is 92.5. The van der Waals surface area contributed by atoms with Crippen molar-refractivity contribution in [2.75, 3.05) is 10.6 Å². The summed E-state index contributed by atoms with van der Waals surface area (Å²) in [5, 5.41) is 3.91. The van der Waals surface area contributed by atoms with E-state index in [1.807, 2.05) is 11.4 Å². The number of benzene rings is 2. The van der Waals surface area contributed by atoms with Crippen LogP contribution < -0.4 is 10.6 Å². The van der Waals surface area contributed by atoms with Crippen molar-refractivity contribution in [3.05, 3.63) is 58.2 Å². The molecule has 0 saturated heterocycles. The van der Waals surface area contributed by atoms with E-state index in [1.165, 1.54) is 0 Å². The highest BCUT2D eigenvalue weighted by Gasteiger charge is 2.42. The Morgan fingerprint density at radius 2 is 1.27 bits per heavy atom. The quantitative estimate of drug-likeness (QED) is 0.388. The van der Waals surface area contributed by atoms with Gasteiger partial charge in [-0.05, 0) is 49.3 Å². The van der Waals surface area contributed by atoms with E-state index in [0.29, 0.717) is 5.69 Å². The molecule has 0 aliphatic rings. The minimum Gasteiger partial charge on any atom is -0.332 e. The van der Waals surface area contributed by atoms with Crippen LogP contribution in [0.5, 0.6) is 0 Å². The zero-order valence-electron chi connectivity index (χ0n) is 13.3. The van der Waals surface area contributed by atoms with Crippen LogP contribution in [0.2, 0.25) is 0 Å². The lowest BCUT2D eigenvalue weighted by molar-refractivity contribution is -0.143. The third-order valence-corrected chi connectivity index (χ3v) is 3.47. The molecule has 0 fully saturated rings. The Morgan fingerprint density at radius 3 is 1.69 bits per heavy atom. The Morgan fingerprint density at radius 1 is 0.808 bits per heavy atom. The van der Waals surface area contributed by atoms with Crippen LogP contribution >= 0.6 is 12.2 Å². The maximum atomic E-state index is 13.8. The van der Waals surface area contributed by atoms with Gasteiger partial charge in [0, 0.05) is 5.69 Å². The molecule has 2 aromatic rings. The molecule has 0 unspecified atom stereocenters. The van der Waals surface area contributed by atoms with E-state index < -0.39 is 45.8 Å². The fourth-order valence-electron chi connectivity index (χ4n) is 2.31. The monoisotopic (exact) mass is 396 g/mol. The fourth-order valence-corrected chi connectivity index (χ4v) is 2.53. The molecule has 0 heterocycles. The maximum Gasteiger partial charge on any atom is 0.422 e. The standard InChI is InChI=1S/C16H11F7N2S/c1-6-3-7(2)5-8(4-6)24-15(26)25-14-12(19)10(17)9(16(21,22)23)11(18)13(14)20/h3-5H,1-2H3,(H2,24,25,26). The number of alkyl halides is 3. The van der Waals surface area contributed by atoms with Gasteiger partial charge in [0.15, 0.2) is 28.4 Å². The largest absolute Gasteiger partial charge is 0.422 e. The first-order valence-corrected chi connectivity index (χ1v) is 7.42. The van der Waals surface area contributed by atoms with Gasteiger partial charge in [-0.2, -0.15) is 13.2 Å². The van der Waals surface area contributed by atoms with Gasteiger partial charge in [0.25, 0.3) is 0 Å². The van der Waals surface area contributed by atoms with Crippen LogP contribution in [-0.4, -0.2) is 5.11 Å². The summed E-state index contributed by atoms with van der Waals surface area (Å²) in [5.74, 6) is -9.59. The van der Waals surface area contributed by atoms with Gasteiger partial charge in [-0.25, -0.2) is 17.6 Å². The van der Waals surface area contributed by atoms with E-state index in [2.05, 4.69) is 5.32 Å². The minimum atomic E-state index is -5.60. The number of thiocarbonyl (C=S) groups is 1. The zero-order chi connectivity index (χ0) is 19.8. The van der Waals surface area contributed by atoms with Crippen molar-refractivity contribution in [1.29, 1.82) is 0 Å². The van der Waals surface area contributed by atoms with Gasteiger partial charge < -0.3 is 10.6 Å². The number of aryl methyl sites for hydroxylation is 2. The van der Waals surface area contributed by atoms with Crippen molar-refractivity contribution in [3.63, 3.8) is 0 Å². The summed E-state index contributed by atoms with van der Waals surface area (Å²) in [4.78, 5) is 0. The molecule has 0 amide bonds. The summed E-state index contributed by atoms with van der Waals surface area (Å²) >= 11 is 4.79. The molecule has 0 aliphatic heterocycles. The zero-order valence-corrected chi connectivity index (χ0v) is 14.1. The third-order valence-electron chi connectivity index (χ3n) is 3.26. The fraction of sp³-hybridized carbons (Fsp3) is 0.188. The second-order valence-electron chi connectivity index (χ2n) is 5.46. The van der Waals surface area contributed by atoms with Gasteiger partial charge in [-0.3, -0.25) is 0 Å². The number of hydrogen-bond donors (Lipinski definition) is 2. The minimum absolute atomic E-state index is 0.411. The summed E-state index contributed by atoms with van der Waals surface area (Å²) in [6.07, 6.45) is -5.60. The Hall–Kier alpha value is -2.36. The van der Waals surface area contributed by atoms with Gasteiger partial charge in [-0.15, -0.1) is 0 Å². The summed E-state index contributed by atoms with van der Waals surface area (Å²) in [6, 6.07) is 5.09. The average Bonchev–Trinajstić information content (AvgIpc) is 2.47. The molecule has 2 nitrogen and oxygen atoms in total. The highest BCUT2D eigenvalue weighted by atomic mass is 32.1. The molecule has 26 heavy (non-hydrogen) atoms. The third kappa shape index (κ3) is 4.06. The molecule has 2 aromatic carbocycles. The average molecular weight is 396 g/mol. The van der Waals surface area contributed by atoms with Crippen molar-refractivity contribution >= 4 is 28.7 Å². The maximum absolute atomic E-state index is 13.8. The van der Waals surface area contributed by atoms with Gasteiger partial charge in [0.2, 0.25) is 0 Å². The molecule has 0 aromatic heterocycles. The Balaban J connectivity index is 2.36. The van der Waals surface area contributed by atoms with Crippen LogP contribution in [0.1, 0.15) is 16.7 Å². The van der Waals surface area contributed by atoms with Crippen LogP contribution in [-0.2, 0) is 6.18 Å². The molecule has 10 heteroatoms. The van der Waals surface area contributed by atoms with E-state index in [9.17, 15) is 30.7 Å². The molecular weight excluding hydrogens is 385 g/mol. The smallest absolute Gasteiger partial charge is 0.332 e. The van der Waals surface area contributed by atoms with Crippen LogP contribution in [0.25, 0.3) is 0 Å². The van der Waals surface area contributed by atoms with Gasteiger partial charge in [0.05, 0.1) is 0 Å². The van der Waals surface area contributed by atoms with Crippen molar-refractivity contribution < 1.29 is 30.7 Å². The van der Waals surface area contributed by atoms with Crippen LogP contribution in [0, 0.1) is 37.1 Å². The van der Waals surface area contributed by atoms with E-state index in [4.69, 9.17) is 12.2 Å². The van der Waals surface area contributed by atoms with Gasteiger partial charge >= 0.3 is 6.18 Å². The van der Waals surface area contributed by atoms with Crippen molar-refractivity contribution in [1.82, 2.24) is 0 Å². The van der Waals surface area contributed by atoms with Crippen molar-refractivity contribution in [2.45, 2.75) is 20.0 Å². The van der Waals surface area contributed by atoms with Crippen LogP contribution in [0.4, 0.5) is 42.1 Å². The molecule has 2 rings (SSSR count). The lowest BCUT2D eigenvalue weighted by Gasteiger charge is -2.16. The molecule has 0 saturated carbocycles. The Kier molecular flexibility index (Phi) is 5.45. The highest BCUT2D eigenvalue weighted by molar-refractivity contribution is 7.80. The normalized spacial score (nSPS) is 11.4. The second-order valence-corrected chi connectivity index (χ2v) is 5.87. The van der Waals surface area contributed by atoms with Crippen molar-refractivity contribution in [3.8, 4) is 0 Å². The number of halogens is 7.